The van der Waals surface area contributed by atoms with Crippen LogP contribution < -0.4 is 0 Å². The molecule has 8 atom stereocenters. The van der Waals surface area contributed by atoms with Crippen LogP contribution in [0.15, 0.2) is 0 Å². The number of carbonyl (C=O) groups is 4. The Hall–Kier alpha value is -2.66. The minimum Gasteiger partial charge on any atom is -0.466 e. The second-order valence-corrected chi connectivity index (χ2v) is 10.8. The molecule has 232 valence electrons. The van der Waals surface area contributed by atoms with Crippen LogP contribution in [-0.2, 0) is 52.3 Å². The van der Waals surface area contributed by atoms with Crippen LogP contribution >= 0.6 is 0 Å². The predicted molar refractivity (Wildman–Crippen MR) is 116 cm³/mol. The molecule has 11 nitrogen and oxygen atoms in total. The van der Waals surface area contributed by atoms with Crippen molar-refractivity contribution in [3.8, 4) is 0 Å². The van der Waals surface area contributed by atoms with E-state index in [9.17, 15) is 45.5 Å². The lowest BCUT2D eigenvalue weighted by molar-refractivity contribution is -0.314. The van der Waals surface area contributed by atoms with Crippen molar-refractivity contribution in [3.05, 3.63) is 0 Å². The fourth-order valence-corrected chi connectivity index (χ4v) is 5.10. The smallest absolute Gasteiger partial charge is 0.434 e. The third-order valence-corrected chi connectivity index (χ3v) is 7.61. The molecule has 3 aliphatic heterocycles. The molecule has 1 saturated carbocycles. The molecular weight excluding hydrogens is 578 g/mol. The fourth-order valence-electron chi connectivity index (χ4n) is 5.10. The van der Waals surface area contributed by atoms with E-state index in [4.69, 9.17) is 28.4 Å². The topological polar surface area (TPSA) is 133 Å². The van der Waals surface area contributed by atoms with Crippen molar-refractivity contribution in [1.29, 1.82) is 0 Å². The first kappa shape index (κ1) is 31.3. The van der Waals surface area contributed by atoms with Gasteiger partial charge in [-0.2, -0.15) is 26.3 Å². The van der Waals surface area contributed by atoms with Crippen LogP contribution in [0.4, 0.5) is 26.3 Å². The van der Waals surface area contributed by atoms with Crippen molar-refractivity contribution in [2.45, 2.75) is 102 Å². The van der Waals surface area contributed by atoms with E-state index in [0.29, 0.717) is 6.42 Å². The third kappa shape index (κ3) is 5.84. The van der Waals surface area contributed by atoms with E-state index in [0.717, 1.165) is 0 Å². The summed E-state index contributed by atoms with van der Waals surface area (Å²) in [6, 6.07) is 0. The molecule has 1 spiro atoms. The Balaban J connectivity index is 1.51. The minimum absolute atomic E-state index is 0.206. The van der Waals surface area contributed by atoms with Crippen molar-refractivity contribution in [3.63, 3.8) is 0 Å². The van der Waals surface area contributed by atoms with Crippen LogP contribution in [-0.4, -0.2) is 85.4 Å². The van der Waals surface area contributed by atoms with E-state index in [1.165, 1.54) is 6.92 Å². The zero-order valence-corrected chi connectivity index (χ0v) is 22.2. The Labute approximate surface area is 229 Å². The van der Waals surface area contributed by atoms with Gasteiger partial charge in [-0.3, -0.25) is 14.4 Å². The Kier molecular flexibility index (Phi) is 8.06. The maximum absolute atomic E-state index is 13.0. The van der Waals surface area contributed by atoms with Gasteiger partial charge in [-0.25, -0.2) is 4.79 Å². The second kappa shape index (κ2) is 10.6. The van der Waals surface area contributed by atoms with Crippen LogP contribution in [0.2, 0.25) is 0 Å². The molecule has 0 bridgehead atoms. The molecule has 41 heavy (non-hydrogen) atoms. The molecule has 4 fully saturated rings. The number of alkyl halides is 6. The van der Waals surface area contributed by atoms with Crippen LogP contribution in [0.25, 0.3) is 0 Å². The third-order valence-electron chi connectivity index (χ3n) is 7.61. The molecule has 0 aromatic rings. The molecule has 8 unspecified atom stereocenters. The molecular formula is C24H28F6O11. The zero-order valence-electron chi connectivity index (χ0n) is 22.2. The average molecular weight is 606 g/mol. The summed E-state index contributed by atoms with van der Waals surface area (Å²) in [6.45, 7) is 6.16. The van der Waals surface area contributed by atoms with E-state index in [-0.39, 0.29) is 6.61 Å². The molecule has 1 aliphatic carbocycles. The van der Waals surface area contributed by atoms with Gasteiger partial charge in [0.2, 0.25) is 6.10 Å². The summed E-state index contributed by atoms with van der Waals surface area (Å²) in [6.07, 6.45) is -23.4. The van der Waals surface area contributed by atoms with Crippen molar-refractivity contribution in [2.24, 2.45) is 17.3 Å². The fraction of sp³-hybridized carbons (Fsp3) is 0.833. The molecule has 0 amide bonds. The molecule has 4 rings (SSSR count). The summed E-state index contributed by atoms with van der Waals surface area (Å²) in [5.74, 6) is -10.0. The molecule has 3 heterocycles. The van der Waals surface area contributed by atoms with E-state index < -0.39 is 109 Å². The summed E-state index contributed by atoms with van der Waals surface area (Å²) in [5, 5.41) is 0. The first-order valence-electron chi connectivity index (χ1n) is 12.8. The zero-order chi connectivity index (χ0) is 30.7. The molecule has 3 saturated heterocycles. The van der Waals surface area contributed by atoms with Crippen molar-refractivity contribution in [1.82, 2.24) is 0 Å². The number of ether oxygens (including phenoxy) is 7. The predicted octanol–water partition coefficient (Wildman–Crippen LogP) is 2.72. The van der Waals surface area contributed by atoms with Crippen molar-refractivity contribution >= 4 is 23.9 Å². The van der Waals surface area contributed by atoms with Gasteiger partial charge in [-0.05, 0) is 27.2 Å². The lowest BCUT2D eigenvalue weighted by Gasteiger charge is -2.27. The Morgan fingerprint density at radius 1 is 0.927 bits per heavy atom. The Morgan fingerprint density at radius 2 is 1.51 bits per heavy atom. The van der Waals surface area contributed by atoms with Gasteiger partial charge in [-0.15, -0.1) is 0 Å². The maximum atomic E-state index is 13.0. The Morgan fingerprint density at radius 3 is 2.05 bits per heavy atom. The second-order valence-electron chi connectivity index (χ2n) is 10.8. The normalized spacial score (nSPS) is 34.9. The van der Waals surface area contributed by atoms with Gasteiger partial charge >= 0.3 is 36.2 Å². The highest BCUT2D eigenvalue weighted by Gasteiger charge is 2.69. The molecule has 4 aliphatic rings. The van der Waals surface area contributed by atoms with Gasteiger partial charge in [0.1, 0.15) is 6.10 Å². The van der Waals surface area contributed by atoms with E-state index in [2.05, 4.69) is 4.74 Å². The standard InChI is InChI=1S/C24H28F6O11/c1-5-21(3,4)20(34)38-13-11-12(36-17(13)33)14-18(37-11)41-22(40-14)7-9(15(31)35-6-2)10(8-22)16(32)39-19(23(25,26)27)24(28,29)30/h9-14,18-19H,5-8H2,1-4H3. The SMILES string of the molecule is CCOC(=O)C1CC2(CC1C(=O)OC(C(F)(F)F)C(F)(F)F)OC1OC3C(OC(=O)C(C)(C)CC)C(=O)OC3C1O2. The summed E-state index contributed by atoms with van der Waals surface area (Å²) < 4.78 is 115. The minimum atomic E-state index is -5.97. The number of fused-ring (bicyclic) bond motifs is 3. The highest BCUT2D eigenvalue weighted by Crippen LogP contribution is 2.53. The largest absolute Gasteiger partial charge is 0.466 e. The van der Waals surface area contributed by atoms with Gasteiger partial charge in [0.15, 0.2) is 24.3 Å². The van der Waals surface area contributed by atoms with E-state index in [1.807, 2.05) is 0 Å². The number of carbonyl (C=O) groups excluding carboxylic acids is 4. The number of hydrogen-bond donors (Lipinski definition) is 0. The monoisotopic (exact) mass is 606 g/mol. The van der Waals surface area contributed by atoms with Crippen molar-refractivity contribution in [2.75, 3.05) is 6.61 Å². The summed E-state index contributed by atoms with van der Waals surface area (Å²) in [7, 11) is 0. The number of halogens is 6. The van der Waals surface area contributed by atoms with E-state index in [1.54, 1.807) is 20.8 Å². The number of rotatable bonds is 7. The van der Waals surface area contributed by atoms with Crippen LogP contribution in [0.3, 0.4) is 0 Å². The van der Waals surface area contributed by atoms with Gasteiger partial charge in [0.05, 0.1) is 23.9 Å². The number of esters is 4. The average Bonchev–Trinajstić information content (AvgIpc) is 3.57. The first-order chi connectivity index (χ1) is 18.8. The van der Waals surface area contributed by atoms with Crippen LogP contribution in [0, 0.1) is 17.3 Å². The highest BCUT2D eigenvalue weighted by atomic mass is 19.4. The van der Waals surface area contributed by atoms with Gasteiger partial charge < -0.3 is 33.2 Å². The lowest BCUT2D eigenvalue weighted by atomic mass is 9.90. The highest BCUT2D eigenvalue weighted by molar-refractivity contribution is 5.84. The first-order valence-corrected chi connectivity index (χ1v) is 12.8. The van der Waals surface area contributed by atoms with Crippen LogP contribution in [0.1, 0.15) is 47.0 Å². The lowest BCUT2D eigenvalue weighted by Crippen LogP contribution is -2.47. The summed E-state index contributed by atoms with van der Waals surface area (Å²) >= 11 is 0. The number of hydrogen-bond acceptors (Lipinski definition) is 11. The van der Waals surface area contributed by atoms with Gasteiger partial charge in [-0.1, -0.05) is 6.92 Å². The van der Waals surface area contributed by atoms with Crippen LogP contribution in [0.5, 0.6) is 0 Å². The molecule has 0 radical (unpaired) electrons. The molecule has 0 aromatic carbocycles. The maximum Gasteiger partial charge on any atom is 0.434 e. The molecule has 0 aromatic heterocycles. The van der Waals surface area contributed by atoms with Gasteiger partial charge in [0.25, 0.3) is 6.10 Å². The quantitative estimate of drug-likeness (QED) is 0.241. The molecule has 0 N–H and O–H groups in total. The Bertz CT molecular complexity index is 1060. The molecule has 17 heteroatoms. The van der Waals surface area contributed by atoms with Crippen molar-refractivity contribution < 1.29 is 78.7 Å². The summed E-state index contributed by atoms with van der Waals surface area (Å²) in [5.41, 5.74) is -0.920. The summed E-state index contributed by atoms with van der Waals surface area (Å²) in [4.78, 5) is 50.2. The van der Waals surface area contributed by atoms with E-state index >= 15 is 0 Å². The van der Waals surface area contributed by atoms with Gasteiger partial charge in [0, 0.05) is 12.8 Å².